The summed E-state index contributed by atoms with van der Waals surface area (Å²) in [5, 5.41) is 4.29. The van der Waals surface area contributed by atoms with Gasteiger partial charge in [-0.2, -0.15) is 11.3 Å². The van der Waals surface area contributed by atoms with Crippen molar-refractivity contribution in [1.29, 1.82) is 0 Å². The molecular formula is C11H18N2S2. The Morgan fingerprint density at radius 1 is 1.67 bits per heavy atom. The second-order valence-electron chi connectivity index (χ2n) is 3.78. The molecular weight excluding hydrogens is 224 g/mol. The van der Waals surface area contributed by atoms with E-state index in [0.29, 0.717) is 11.0 Å². The summed E-state index contributed by atoms with van der Waals surface area (Å²) in [6.45, 7) is 3.15. The van der Waals surface area contributed by atoms with E-state index in [9.17, 15) is 0 Å². The lowest BCUT2D eigenvalue weighted by Crippen LogP contribution is -2.33. The van der Waals surface area contributed by atoms with Gasteiger partial charge in [0, 0.05) is 19.0 Å². The van der Waals surface area contributed by atoms with Crippen LogP contribution >= 0.6 is 23.6 Å². The van der Waals surface area contributed by atoms with Gasteiger partial charge in [-0.25, -0.2) is 0 Å². The standard InChI is InChI=1S/C11H18N2S2/c1-3-10(6-11(12)14)13(2)7-9-4-5-15-8-9/h4-5,8,10H,3,6-7H2,1-2H3,(H2,12,14). The highest BCUT2D eigenvalue weighted by Crippen LogP contribution is 2.13. The fraction of sp³-hybridized carbons (Fsp3) is 0.545. The molecule has 0 aliphatic rings. The molecule has 0 aliphatic carbocycles. The lowest BCUT2D eigenvalue weighted by molar-refractivity contribution is 0.233. The van der Waals surface area contributed by atoms with Gasteiger partial charge in [-0.1, -0.05) is 19.1 Å². The third-order valence-corrected chi connectivity index (χ3v) is 3.44. The Morgan fingerprint density at radius 3 is 2.87 bits per heavy atom. The van der Waals surface area contributed by atoms with Crippen molar-refractivity contribution in [2.24, 2.45) is 5.73 Å². The van der Waals surface area contributed by atoms with E-state index in [2.05, 4.69) is 35.7 Å². The molecule has 0 fully saturated rings. The first-order chi connectivity index (χ1) is 7.13. The van der Waals surface area contributed by atoms with Crippen LogP contribution in [0.5, 0.6) is 0 Å². The van der Waals surface area contributed by atoms with Gasteiger partial charge in [0.15, 0.2) is 0 Å². The predicted molar refractivity (Wildman–Crippen MR) is 71.3 cm³/mol. The van der Waals surface area contributed by atoms with E-state index in [1.54, 1.807) is 11.3 Å². The summed E-state index contributed by atoms with van der Waals surface area (Å²) in [5.41, 5.74) is 6.95. The Kier molecular flexibility index (Phi) is 5.22. The highest BCUT2D eigenvalue weighted by atomic mass is 32.1. The second-order valence-corrected chi connectivity index (χ2v) is 5.08. The molecule has 0 amide bonds. The molecule has 0 spiro atoms. The highest BCUT2D eigenvalue weighted by Gasteiger charge is 2.13. The fourth-order valence-electron chi connectivity index (χ4n) is 1.64. The third kappa shape index (κ3) is 4.28. The minimum absolute atomic E-state index is 0.461. The monoisotopic (exact) mass is 242 g/mol. The van der Waals surface area contributed by atoms with Crippen LogP contribution in [0, 0.1) is 0 Å². The number of nitrogens with two attached hydrogens (primary N) is 1. The number of thiocarbonyl (C=S) groups is 1. The first kappa shape index (κ1) is 12.6. The Hall–Kier alpha value is -0.450. The molecule has 1 aromatic rings. The summed E-state index contributed by atoms with van der Waals surface area (Å²) in [6.07, 6.45) is 1.89. The van der Waals surface area contributed by atoms with Crippen LogP contribution in [0.25, 0.3) is 0 Å². The maximum absolute atomic E-state index is 5.59. The number of hydrogen-bond donors (Lipinski definition) is 1. The Morgan fingerprint density at radius 2 is 2.40 bits per heavy atom. The quantitative estimate of drug-likeness (QED) is 0.778. The minimum atomic E-state index is 0.461. The van der Waals surface area contributed by atoms with Gasteiger partial charge in [0.2, 0.25) is 0 Å². The lowest BCUT2D eigenvalue weighted by Gasteiger charge is -2.26. The molecule has 0 radical (unpaired) electrons. The number of hydrogen-bond acceptors (Lipinski definition) is 3. The molecule has 15 heavy (non-hydrogen) atoms. The topological polar surface area (TPSA) is 29.3 Å². The van der Waals surface area contributed by atoms with Crippen molar-refractivity contribution in [2.45, 2.75) is 32.4 Å². The fourth-order valence-corrected chi connectivity index (χ4v) is 2.50. The van der Waals surface area contributed by atoms with Crippen molar-refractivity contribution in [3.63, 3.8) is 0 Å². The van der Waals surface area contributed by atoms with E-state index in [-0.39, 0.29) is 0 Å². The summed E-state index contributed by atoms with van der Waals surface area (Å²) < 4.78 is 0. The van der Waals surface area contributed by atoms with Crippen LogP contribution < -0.4 is 5.73 Å². The second kappa shape index (κ2) is 6.20. The molecule has 0 aromatic carbocycles. The molecule has 2 N–H and O–H groups in total. The smallest absolute Gasteiger partial charge is 0.0743 e. The molecule has 84 valence electrons. The molecule has 0 bridgehead atoms. The van der Waals surface area contributed by atoms with Gasteiger partial charge in [0.1, 0.15) is 0 Å². The van der Waals surface area contributed by atoms with Gasteiger partial charge in [-0.05, 0) is 35.9 Å². The van der Waals surface area contributed by atoms with Gasteiger partial charge in [-0.3, -0.25) is 4.90 Å². The Balaban J connectivity index is 2.49. The highest BCUT2D eigenvalue weighted by molar-refractivity contribution is 7.80. The van der Waals surface area contributed by atoms with E-state index in [0.717, 1.165) is 19.4 Å². The van der Waals surface area contributed by atoms with Gasteiger partial charge in [0.05, 0.1) is 4.99 Å². The third-order valence-electron chi connectivity index (χ3n) is 2.54. The van der Waals surface area contributed by atoms with Gasteiger partial charge >= 0.3 is 0 Å². The van der Waals surface area contributed by atoms with Gasteiger partial charge in [0.25, 0.3) is 0 Å². The predicted octanol–water partition coefficient (Wildman–Crippen LogP) is 2.63. The SMILES string of the molecule is CCC(CC(N)=S)N(C)Cc1ccsc1. The van der Waals surface area contributed by atoms with Crippen molar-refractivity contribution < 1.29 is 0 Å². The van der Waals surface area contributed by atoms with Gasteiger partial charge in [-0.15, -0.1) is 0 Å². The summed E-state index contributed by atoms with van der Waals surface area (Å²) in [6, 6.07) is 2.62. The summed E-state index contributed by atoms with van der Waals surface area (Å²) in [4.78, 5) is 2.93. The maximum atomic E-state index is 5.59. The molecule has 0 aliphatic heterocycles. The van der Waals surface area contributed by atoms with Crippen molar-refractivity contribution in [3.05, 3.63) is 22.4 Å². The summed E-state index contributed by atoms with van der Waals surface area (Å²) >= 11 is 6.70. The maximum Gasteiger partial charge on any atom is 0.0743 e. The van der Waals surface area contributed by atoms with Crippen LogP contribution in [-0.4, -0.2) is 23.0 Å². The Labute approximate surface area is 101 Å². The van der Waals surface area contributed by atoms with Crippen LogP contribution in [0.4, 0.5) is 0 Å². The zero-order chi connectivity index (χ0) is 11.3. The Bertz CT molecular complexity index is 296. The average Bonchev–Trinajstić information content (AvgIpc) is 2.66. The molecule has 0 saturated heterocycles. The zero-order valence-electron chi connectivity index (χ0n) is 9.27. The van der Waals surface area contributed by atoms with Gasteiger partial charge < -0.3 is 5.73 Å². The van der Waals surface area contributed by atoms with Crippen molar-refractivity contribution >= 4 is 28.5 Å². The van der Waals surface area contributed by atoms with E-state index in [1.165, 1.54) is 5.56 Å². The first-order valence-corrected chi connectivity index (χ1v) is 6.48. The van der Waals surface area contributed by atoms with E-state index in [4.69, 9.17) is 18.0 Å². The zero-order valence-corrected chi connectivity index (χ0v) is 10.9. The molecule has 2 nitrogen and oxygen atoms in total. The molecule has 4 heteroatoms. The van der Waals surface area contributed by atoms with Crippen molar-refractivity contribution in [3.8, 4) is 0 Å². The van der Waals surface area contributed by atoms with Crippen molar-refractivity contribution in [1.82, 2.24) is 4.90 Å². The molecule has 1 unspecified atom stereocenters. The largest absolute Gasteiger partial charge is 0.393 e. The summed E-state index contributed by atoms with van der Waals surface area (Å²) in [5.74, 6) is 0. The number of rotatable bonds is 6. The lowest BCUT2D eigenvalue weighted by atomic mass is 10.1. The minimum Gasteiger partial charge on any atom is -0.393 e. The average molecular weight is 242 g/mol. The van der Waals surface area contributed by atoms with E-state index < -0.39 is 0 Å². The molecule has 1 atom stereocenters. The first-order valence-electron chi connectivity index (χ1n) is 5.13. The van der Waals surface area contributed by atoms with Crippen LogP contribution in [0.2, 0.25) is 0 Å². The number of thiophene rings is 1. The van der Waals surface area contributed by atoms with Crippen LogP contribution in [-0.2, 0) is 6.54 Å². The molecule has 0 saturated carbocycles. The molecule has 1 heterocycles. The number of nitrogens with zero attached hydrogens (tertiary/aromatic N) is 1. The van der Waals surface area contributed by atoms with Crippen LogP contribution in [0.1, 0.15) is 25.3 Å². The molecule has 1 aromatic heterocycles. The summed E-state index contributed by atoms with van der Waals surface area (Å²) in [7, 11) is 2.13. The van der Waals surface area contributed by atoms with Crippen molar-refractivity contribution in [2.75, 3.05) is 7.05 Å². The van der Waals surface area contributed by atoms with E-state index >= 15 is 0 Å². The molecule has 1 rings (SSSR count). The van der Waals surface area contributed by atoms with Crippen LogP contribution in [0.3, 0.4) is 0 Å². The normalized spacial score (nSPS) is 13.0. The van der Waals surface area contributed by atoms with Crippen LogP contribution in [0.15, 0.2) is 16.8 Å². The van der Waals surface area contributed by atoms with E-state index in [1.807, 2.05) is 0 Å².